The molecule has 0 bridgehead atoms. The fourth-order valence-corrected chi connectivity index (χ4v) is 2.12. The van der Waals surface area contributed by atoms with Crippen LogP contribution in [0, 0.1) is 0 Å². The van der Waals surface area contributed by atoms with E-state index in [2.05, 4.69) is 27.8 Å². The number of amides is 1. The minimum absolute atomic E-state index is 0.426. The minimum Gasteiger partial charge on any atom is -0.366 e. The molecule has 0 fully saturated rings. The zero-order valence-corrected chi connectivity index (χ0v) is 13.3. The molecule has 0 aliphatic rings. The monoisotopic (exact) mass is 310 g/mol. The lowest BCUT2D eigenvalue weighted by molar-refractivity contribution is 0.1000. The lowest BCUT2D eigenvalue weighted by Gasteiger charge is -2.11. The lowest BCUT2D eigenvalue weighted by Crippen LogP contribution is -2.36. The number of primary amides is 1. The van der Waals surface area contributed by atoms with Crippen LogP contribution in [0.15, 0.2) is 59.6 Å². The zero-order valence-electron chi connectivity index (χ0n) is 13.3. The Morgan fingerprint density at radius 3 is 2.48 bits per heavy atom. The molecule has 0 radical (unpaired) electrons. The van der Waals surface area contributed by atoms with Crippen molar-refractivity contribution < 1.29 is 4.79 Å². The van der Waals surface area contributed by atoms with Gasteiger partial charge in [0, 0.05) is 18.7 Å². The number of guanidine groups is 1. The first-order chi connectivity index (χ1) is 11.2. The molecule has 5 heteroatoms. The van der Waals surface area contributed by atoms with Gasteiger partial charge in [0.15, 0.2) is 5.96 Å². The highest BCUT2D eigenvalue weighted by Crippen LogP contribution is 2.06. The van der Waals surface area contributed by atoms with E-state index >= 15 is 0 Å². The Bertz CT molecular complexity index is 668. The Labute approximate surface area is 136 Å². The lowest BCUT2D eigenvalue weighted by atomic mass is 10.1. The van der Waals surface area contributed by atoms with Crippen LogP contribution in [0.2, 0.25) is 0 Å². The van der Waals surface area contributed by atoms with Crippen molar-refractivity contribution in [1.82, 2.24) is 10.6 Å². The maximum atomic E-state index is 11.2. The van der Waals surface area contributed by atoms with Crippen molar-refractivity contribution in [2.45, 2.75) is 20.0 Å². The number of aliphatic imine (C=N–C) groups is 1. The van der Waals surface area contributed by atoms with Gasteiger partial charge in [0.2, 0.25) is 5.91 Å². The first-order valence-electron chi connectivity index (χ1n) is 7.64. The number of hydrogen-bond donors (Lipinski definition) is 3. The smallest absolute Gasteiger partial charge is 0.248 e. The Morgan fingerprint density at radius 1 is 1.04 bits per heavy atom. The van der Waals surface area contributed by atoms with E-state index in [-0.39, 0.29) is 0 Å². The molecule has 0 atom stereocenters. The Balaban J connectivity index is 2.00. The van der Waals surface area contributed by atoms with Crippen LogP contribution in [-0.2, 0) is 13.1 Å². The van der Waals surface area contributed by atoms with Gasteiger partial charge in [0.25, 0.3) is 0 Å². The maximum absolute atomic E-state index is 11.2. The molecule has 0 aliphatic heterocycles. The van der Waals surface area contributed by atoms with Gasteiger partial charge in [-0.1, -0.05) is 42.5 Å². The summed E-state index contributed by atoms with van der Waals surface area (Å²) >= 11 is 0. The second kappa shape index (κ2) is 8.58. The van der Waals surface area contributed by atoms with Crippen molar-refractivity contribution in [3.05, 3.63) is 71.3 Å². The van der Waals surface area contributed by atoms with E-state index in [1.807, 2.05) is 37.3 Å². The summed E-state index contributed by atoms with van der Waals surface area (Å²) in [5, 5.41) is 6.50. The number of nitrogens with two attached hydrogens (primary N) is 1. The molecule has 2 rings (SSSR count). The van der Waals surface area contributed by atoms with Crippen LogP contribution in [0.5, 0.6) is 0 Å². The van der Waals surface area contributed by atoms with E-state index in [0.29, 0.717) is 18.7 Å². The molecule has 0 heterocycles. The van der Waals surface area contributed by atoms with Crippen LogP contribution in [0.3, 0.4) is 0 Å². The highest BCUT2D eigenvalue weighted by Gasteiger charge is 2.02. The number of carbonyl (C=O) groups excluding carboxylic acids is 1. The first kappa shape index (κ1) is 16.5. The normalized spacial score (nSPS) is 11.1. The third-order valence-corrected chi connectivity index (χ3v) is 3.28. The summed E-state index contributed by atoms with van der Waals surface area (Å²) in [6, 6.07) is 17.4. The molecule has 23 heavy (non-hydrogen) atoms. The van der Waals surface area contributed by atoms with E-state index in [0.717, 1.165) is 18.1 Å². The fourth-order valence-electron chi connectivity index (χ4n) is 2.12. The number of rotatable bonds is 6. The number of hydrogen-bond acceptors (Lipinski definition) is 2. The van der Waals surface area contributed by atoms with Gasteiger partial charge in [-0.15, -0.1) is 0 Å². The third kappa shape index (κ3) is 5.47. The summed E-state index contributed by atoms with van der Waals surface area (Å²) in [5.41, 5.74) is 7.93. The summed E-state index contributed by atoms with van der Waals surface area (Å²) in [7, 11) is 0. The molecule has 0 aromatic heterocycles. The van der Waals surface area contributed by atoms with E-state index in [4.69, 9.17) is 5.73 Å². The van der Waals surface area contributed by atoms with Crippen LogP contribution in [0.25, 0.3) is 0 Å². The largest absolute Gasteiger partial charge is 0.366 e. The Kier molecular flexibility index (Phi) is 6.17. The van der Waals surface area contributed by atoms with E-state index < -0.39 is 5.91 Å². The maximum Gasteiger partial charge on any atom is 0.248 e. The quantitative estimate of drug-likeness (QED) is 0.564. The minimum atomic E-state index is -0.426. The van der Waals surface area contributed by atoms with Gasteiger partial charge in [0.1, 0.15) is 0 Å². The van der Waals surface area contributed by atoms with Gasteiger partial charge in [-0.3, -0.25) is 4.79 Å². The van der Waals surface area contributed by atoms with Crippen molar-refractivity contribution >= 4 is 11.9 Å². The predicted molar refractivity (Wildman–Crippen MR) is 93.1 cm³/mol. The fraction of sp³-hybridized carbons (Fsp3) is 0.222. The van der Waals surface area contributed by atoms with Crippen molar-refractivity contribution in [3.63, 3.8) is 0 Å². The van der Waals surface area contributed by atoms with Gasteiger partial charge in [0.05, 0.1) is 6.54 Å². The Morgan fingerprint density at radius 2 is 1.78 bits per heavy atom. The predicted octanol–water partition coefficient (Wildman–Crippen LogP) is 2.04. The molecular formula is C18H22N4O. The average Bonchev–Trinajstić information content (AvgIpc) is 2.58. The molecular weight excluding hydrogens is 288 g/mol. The summed E-state index contributed by atoms with van der Waals surface area (Å²) in [6.07, 6.45) is 0. The van der Waals surface area contributed by atoms with Crippen LogP contribution < -0.4 is 16.4 Å². The number of benzene rings is 2. The molecule has 1 amide bonds. The molecule has 0 saturated heterocycles. The van der Waals surface area contributed by atoms with Gasteiger partial charge in [-0.2, -0.15) is 0 Å². The van der Waals surface area contributed by atoms with Crippen LogP contribution in [-0.4, -0.2) is 18.4 Å². The highest BCUT2D eigenvalue weighted by molar-refractivity contribution is 5.92. The standard InChI is InChI=1S/C18H22N4O/c1-2-20-18(21-12-14-7-4-3-5-8-14)22-13-15-9-6-10-16(11-15)17(19)23/h3-11H,2,12-13H2,1H3,(H2,19,23)(H2,20,21,22). The average molecular weight is 310 g/mol. The highest BCUT2D eigenvalue weighted by atomic mass is 16.1. The van der Waals surface area contributed by atoms with Crippen LogP contribution >= 0.6 is 0 Å². The zero-order chi connectivity index (χ0) is 16.5. The van der Waals surface area contributed by atoms with Gasteiger partial charge in [-0.25, -0.2) is 4.99 Å². The SMILES string of the molecule is CCNC(=NCc1cccc(C(N)=O)c1)NCc1ccccc1. The second-order valence-corrected chi connectivity index (χ2v) is 5.10. The summed E-state index contributed by atoms with van der Waals surface area (Å²) in [6.45, 7) is 3.98. The summed E-state index contributed by atoms with van der Waals surface area (Å²) in [4.78, 5) is 15.8. The molecule has 0 unspecified atom stereocenters. The molecule has 2 aromatic rings. The summed E-state index contributed by atoms with van der Waals surface area (Å²) in [5.74, 6) is 0.311. The molecule has 4 N–H and O–H groups in total. The first-order valence-corrected chi connectivity index (χ1v) is 7.64. The van der Waals surface area contributed by atoms with Crippen molar-refractivity contribution in [2.75, 3.05) is 6.54 Å². The number of carbonyl (C=O) groups is 1. The van der Waals surface area contributed by atoms with Crippen LogP contribution in [0.4, 0.5) is 0 Å². The van der Waals surface area contributed by atoms with Gasteiger partial charge in [-0.05, 0) is 30.2 Å². The second-order valence-electron chi connectivity index (χ2n) is 5.10. The van der Waals surface area contributed by atoms with Crippen molar-refractivity contribution in [3.8, 4) is 0 Å². The number of nitrogens with one attached hydrogen (secondary N) is 2. The third-order valence-electron chi connectivity index (χ3n) is 3.28. The molecule has 0 saturated carbocycles. The van der Waals surface area contributed by atoms with E-state index in [1.165, 1.54) is 5.56 Å². The molecule has 0 aliphatic carbocycles. The summed E-state index contributed by atoms with van der Waals surface area (Å²) < 4.78 is 0. The Hall–Kier alpha value is -2.82. The van der Waals surface area contributed by atoms with Crippen molar-refractivity contribution in [1.29, 1.82) is 0 Å². The molecule has 0 spiro atoms. The van der Waals surface area contributed by atoms with Gasteiger partial charge >= 0.3 is 0 Å². The van der Waals surface area contributed by atoms with Crippen LogP contribution in [0.1, 0.15) is 28.4 Å². The topological polar surface area (TPSA) is 79.5 Å². The van der Waals surface area contributed by atoms with E-state index in [9.17, 15) is 4.79 Å². The van der Waals surface area contributed by atoms with E-state index in [1.54, 1.807) is 12.1 Å². The number of nitrogens with zero attached hydrogens (tertiary/aromatic N) is 1. The molecule has 2 aromatic carbocycles. The van der Waals surface area contributed by atoms with Gasteiger partial charge < -0.3 is 16.4 Å². The molecule has 120 valence electrons. The molecule has 5 nitrogen and oxygen atoms in total. The van der Waals surface area contributed by atoms with Crippen molar-refractivity contribution in [2.24, 2.45) is 10.7 Å².